The zero-order valence-electron chi connectivity index (χ0n) is 10.8. The minimum Gasteiger partial charge on any atom is -0.317 e. The molecule has 0 saturated carbocycles. The summed E-state index contributed by atoms with van der Waals surface area (Å²) in [6, 6.07) is 5.24. The highest BCUT2D eigenvalue weighted by molar-refractivity contribution is 9.10. The zero-order valence-corrected chi connectivity index (χ0v) is 12.3. The number of rotatable bonds is 4. The molecule has 0 radical (unpaired) electrons. The Morgan fingerprint density at radius 2 is 2.11 bits per heavy atom. The van der Waals surface area contributed by atoms with E-state index in [1.54, 1.807) is 6.07 Å². The summed E-state index contributed by atoms with van der Waals surface area (Å²) < 4.78 is 14.0. The largest absolute Gasteiger partial charge is 0.317 e. The van der Waals surface area contributed by atoms with Crippen molar-refractivity contribution in [2.45, 2.75) is 19.4 Å². The number of hydrogen-bond acceptors (Lipinski definition) is 2. The fourth-order valence-corrected chi connectivity index (χ4v) is 2.92. The van der Waals surface area contributed by atoms with E-state index in [-0.39, 0.29) is 5.82 Å². The molecule has 1 heterocycles. The topological polar surface area (TPSA) is 15.3 Å². The van der Waals surface area contributed by atoms with Gasteiger partial charge in [0.2, 0.25) is 0 Å². The maximum atomic E-state index is 13.4. The molecule has 100 valence electrons. The van der Waals surface area contributed by atoms with Crippen LogP contribution in [0.1, 0.15) is 18.4 Å². The lowest BCUT2D eigenvalue weighted by Crippen LogP contribution is -2.34. The summed E-state index contributed by atoms with van der Waals surface area (Å²) in [7, 11) is 2.11. The molecule has 18 heavy (non-hydrogen) atoms. The summed E-state index contributed by atoms with van der Waals surface area (Å²) in [5.41, 5.74) is 1.02. The van der Waals surface area contributed by atoms with Crippen LogP contribution < -0.4 is 5.32 Å². The second kappa shape index (κ2) is 6.64. The number of halogens is 2. The van der Waals surface area contributed by atoms with Crippen LogP contribution in [0.5, 0.6) is 0 Å². The Kier molecular flexibility index (Phi) is 5.15. The Hall–Kier alpha value is -0.450. The molecule has 1 aromatic carbocycles. The van der Waals surface area contributed by atoms with Crippen LogP contribution >= 0.6 is 15.9 Å². The zero-order chi connectivity index (χ0) is 13.0. The smallest absolute Gasteiger partial charge is 0.137 e. The lowest BCUT2D eigenvalue weighted by Gasteiger charge is -2.27. The summed E-state index contributed by atoms with van der Waals surface area (Å²) in [6.45, 7) is 4.14. The number of nitrogens with zero attached hydrogens (tertiary/aromatic N) is 1. The van der Waals surface area contributed by atoms with E-state index in [0.29, 0.717) is 4.47 Å². The van der Waals surface area contributed by atoms with Gasteiger partial charge >= 0.3 is 0 Å². The minimum atomic E-state index is -0.178. The molecule has 0 bridgehead atoms. The van der Waals surface area contributed by atoms with Crippen molar-refractivity contribution in [2.75, 3.05) is 26.7 Å². The van der Waals surface area contributed by atoms with Crippen molar-refractivity contribution in [3.05, 3.63) is 34.1 Å². The van der Waals surface area contributed by atoms with Gasteiger partial charge < -0.3 is 10.2 Å². The molecule has 0 spiro atoms. The average Bonchev–Trinajstić information content (AvgIpc) is 2.36. The fraction of sp³-hybridized carbons (Fsp3) is 0.571. The monoisotopic (exact) mass is 314 g/mol. The van der Waals surface area contributed by atoms with Gasteiger partial charge in [0.05, 0.1) is 4.47 Å². The van der Waals surface area contributed by atoms with Crippen LogP contribution in [-0.2, 0) is 6.54 Å². The Morgan fingerprint density at radius 1 is 1.39 bits per heavy atom. The Bertz CT molecular complexity index is 391. The number of benzene rings is 1. The first kappa shape index (κ1) is 14.0. The third-order valence-corrected chi connectivity index (χ3v) is 4.39. The molecule has 0 amide bonds. The van der Waals surface area contributed by atoms with Crippen LogP contribution in [0.15, 0.2) is 22.7 Å². The first-order chi connectivity index (χ1) is 8.66. The van der Waals surface area contributed by atoms with Crippen molar-refractivity contribution in [3.63, 3.8) is 0 Å². The summed E-state index contributed by atoms with van der Waals surface area (Å²) in [5, 5.41) is 3.38. The van der Waals surface area contributed by atoms with Crippen molar-refractivity contribution in [2.24, 2.45) is 5.92 Å². The first-order valence-electron chi connectivity index (χ1n) is 6.49. The van der Waals surface area contributed by atoms with Gasteiger partial charge in [-0.05, 0) is 66.5 Å². The van der Waals surface area contributed by atoms with Gasteiger partial charge in [-0.15, -0.1) is 0 Å². The number of piperidine rings is 1. The summed E-state index contributed by atoms with van der Waals surface area (Å²) >= 11 is 3.32. The molecule has 0 aliphatic carbocycles. The van der Waals surface area contributed by atoms with Crippen molar-refractivity contribution in [1.82, 2.24) is 10.2 Å². The lowest BCUT2D eigenvalue weighted by atomic mass is 9.97. The van der Waals surface area contributed by atoms with Crippen LogP contribution in [0.25, 0.3) is 0 Å². The minimum absolute atomic E-state index is 0.178. The summed E-state index contributed by atoms with van der Waals surface area (Å²) in [5.74, 6) is 0.589. The molecular weight excluding hydrogens is 295 g/mol. The fourth-order valence-electron chi connectivity index (χ4n) is 2.53. The van der Waals surface area contributed by atoms with Gasteiger partial charge in [0, 0.05) is 13.1 Å². The van der Waals surface area contributed by atoms with Gasteiger partial charge in [0.1, 0.15) is 5.82 Å². The van der Waals surface area contributed by atoms with Gasteiger partial charge in [-0.1, -0.05) is 12.1 Å². The van der Waals surface area contributed by atoms with Crippen molar-refractivity contribution < 1.29 is 4.39 Å². The van der Waals surface area contributed by atoms with E-state index in [0.717, 1.165) is 37.7 Å². The Morgan fingerprint density at radius 3 is 2.83 bits per heavy atom. The number of hydrogen-bond donors (Lipinski definition) is 1. The Balaban J connectivity index is 1.90. The maximum Gasteiger partial charge on any atom is 0.137 e. The van der Waals surface area contributed by atoms with E-state index in [4.69, 9.17) is 0 Å². The van der Waals surface area contributed by atoms with E-state index < -0.39 is 0 Å². The van der Waals surface area contributed by atoms with E-state index in [2.05, 4.69) is 33.2 Å². The molecule has 0 unspecified atom stereocenters. The van der Waals surface area contributed by atoms with Crippen LogP contribution in [0.3, 0.4) is 0 Å². The van der Waals surface area contributed by atoms with Crippen LogP contribution in [0.2, 0.25) is 0 Å². The highest BCUT2D eigenvalue weighted by Gasteiger charge is 2.16. The van der Waals surface area contributed by atoms with Crippen LogP contribution in [0, 0.1) is 11.7 Å². The van der Waals surface area contributed by atoms with Gasteiger partial charge in [-0.3, -0.25) is 0 Å². The maximum absolute atomic E-state index is 13.4. The molecule has 2 nitrogen and oxygen atoms in total. The normalized spacial score (nSPS) is 17.3. The second-order valence-corrected chi connectivity index (χ2v) is 5.90. The number of nitrogens with one attached hydrogen (secondary N) is 1. The highest BCUT2D eigenvalue weighted by atomic mass is 79.9. The predicted molar refractivity (Wildman–Crippen MR) is 76.0 cm³/mol. The van der Waals surface area contributed by atoms with E-state index >= 15 is 0 Å². The molecule has 0 atom stereocenters. The summed E-state index contributed by atoms with van der Waals surface area (Å²) in [4.78, 5) is 2.29. The molecule has 2 rings (SSSR count). The van der Waals surface area contributed by atoms with Gasteiger partial charge in [-0.25, -0.2) is 4.39 Å². The quantitative estimate of drug-likeness (QED) is 0.919. The van der Waals surface area contributed by atoms with Gasteiger partial charge in [0.25, 0.3) is 0 Å². The molecule has 1 aliphatic heterocycles. The average molecular weight is 315 g/mol. The molecule has 1 aliphatic rings. The second-order valence-electron chi connectivity index (χ2n) is 5.10. The van der Waals surface area contributed by atoms with E-state index in [9.17, 15) is 4.39 Å². The Labute approximate surface area is 117 Å². The van der Waals surface area contributed by atoms with Crippen molar-refractivity contribution >= 4 is 15.9 Å². The predicted octanol–water partition coefficient (Wildman–Crippen LogP) is 3.02. The standard InChI is InChI=1S/C14H20BrFN2/c1-18(9-11-5-7-17-8-6-11)10-12-3-2-4-13(16)14(12)15/h2-4,11,17H,5-10H2,1H3. The molecule has 1 N–H and O–H groups in total. The third-order valence-electron chi connectivity index (χ3n) is 3.50. The molecular formula is C14H20BrFN2. The lowest BCUT2D eigenvalue weighted by molar-refractivity contribution is 0.234. The highest BCUT2D eigenvalue weighted by Crippen LogP contribution is 2.22. The third kappa shape index (κ3) is 3.77. The molecule has 0 aromatic heterocycles. The SMILES string of the molecule is CN(Cc1cccc(F)c1Br)CC1CCNCC1. The van der Waals surface area contributed by atoms with Gasteiger partial charge in [0.15, 0.2) is 0 Å². The summed E-state index contributed by atoms with van der Waals surface area (Å²) in [6.07, 6.45) is 2.49. The first-order valence-corrected chi connectivity index (χ1v) is 7.28. The molecule has 1 aromatic rings. The van der Waals surface area contributed by atoms with E-state index in [1.165, 1.54) is 18.9 Å². The van der Waals surface area contributed by atoms with Gasteiger partial charge in [-0.2, -0.15) is 0 Å². The van der Waals surface area contributed by atoms with Crippen molar-refractivity contribution in [1.29, 1.82) is 0 Å². The van der Waals surface area contributed by atoms with E-state index in [1.807, 2.05) is 6.07 Å². The van der Waals surface area contributed by atoms with Crippen LogP contribution in [0.4, 0.5) is 4.39 Å². The molecule has 4 heteroatoms. The van der Waals surface area contributed by atoms with Crippen LogP contribution in [-0.4, -0.2) is 31.6 Å². The molecule has 1 saturated heterocycles. The van der Waals surface area contributed by atoms with Crippen molar-refractivity contribution in [3.8, 4) is 0 Å². The molecule has 1 fully saturated rings.